The molecule has 19 heavy (non-hydrogen) atoms. The fourth-order valence-corrected chi connectivity index (χ4v) is 2.63. The summed E-state index contributed by atoms with van der Waals surface area (Å²) in [7, 11) is 1.91. The van der Waals surface area contributed by atoms with Gasteiger partial charge in [-0.3, -0.25) is 4.79 Å². The van der Waals surface area contributed by atoms with E-state index in [9.17, 15) is 4.79 Å². The van der Waals surface area contributed by atoms with E-state index in [0.717, 1.165) is 31.5 Å². The summed E-state index contributed by atoms with van der Waals surface area (Å²) in [6.45, 7) is 6.06. The van der Waals surface area contributed by atoms with Gasteiger partial charge in [-0.25, -0.2) is 0 Å². The fraction of sp³-hybridized carbons (Fsp3) is 0.562. The van der Waals surface area contributed by atoms with Crippen molar-refractivity contribution in [2.75, 3.05) is 20.1 Å². The summed E-state index contributed by atoms with van der Waals surface area (Å²) in [6, 6.07) is 8.10. The first-order valence-corrected chi connectivity index (χ1v) is 7.19. The van der Waals surface area contributed by atoms with Crippen LogP contribution in [0, 0.1) is 5.92 Å². The lowest BCUT2D eigenvalue weighted by Gasteiger charge is -2.30. The van der Waals surface area contributed by atoms with Crippen LogP contribution >= 0.6 is 0 Å². The van der Waals surface area contributed by atoms with Crippen molar-refractivity contribution in [3.63, 3.8) is 0 Å². The molecular weight excluding hydrogens is 236 g/mol. The summed E-state index contributed by atoms with van der Waals surface area (Å²) < 4.78 is 0. The van der Waals surface area contributed by atoms with Crippen LogP contribution in [0.2, 0.25) is 0 Å². The van der Waals surface area contributed by atoms with Gasteiger partial charge in [0.05, 0.1) is 0 Å². The minimum absolute atomic E-state index is 0.168. The average Bonchev–Trinajstić information content (AvgIpc) is 2.45. The van der Waals surface area contributed by atoms with E-state index in [1.165, 1.54) is 5.56 Å². The zero-order valence-electron chi connectivity index (χ0n) is 12.1. The number of hydrogen-bond acceptors (Lipinski definition) is 2. The van der Waals surface area contributed by atoms with Gasteiger partial charge in [-0.1, -0.05) is 44.5 Å². The van der Waals surface area contributed by atoms with Gasteiger partial charge in [-0.2, -0.15) is 0 Å². The molecule has 1 heterocycles. The molecule has 1 aromatic carbocycles. The first-order valence-electron chi connectivity index (χ1n) is 7.19. The van der Waals surface area contributed by atoms with Crippen LogP contribution < -0.4 is 5.32 Å². The molecule has 0 saturated carbocycles. The largest absolute Gasteiger partial charge is 0.344 e. The SMILES string of the molecule is CCC(C)CN(C)C(=O)C1NCCc2ccccc21. The monoisotopic (exact) mass is 260 g/mol. The highest BCUT2D eigenvalue weighted by atomic mass is 16.2. The van der Waals surface area contributed by atoms with E-state index in [1.54, 1.807) is 0 Å². The predicted molar refractivity (Wildman–Crippen MR) is 78.0 cm³/mol. The molecule has 0 spiro atoms. The highest BCUT2D eigenvalue weighted by molar-refractivity contribution is 5.83. The third-order valence-corrected chi connectivity index (χ3v) is 4.01. The van der Waals surface area contributed by atoms with Crippen molar-refractivity contribution >= 4 is 5.91 Å². The molecule has 104 valence electrons. The van der Waals surface area contributed by atoms with Gasteiger partial charge in [0.1, 0.15) is 6.04 Å². The van der Waals surface area contributed by atoms with Crippen molar-refractivity contribution in [1.29, 1.82) is 0 Å². The summed E-state index contributed by atoms with van der Waals surface area (Å²) in [4.78, 5) is 14.4. The molecule has 0 fully saturated rings. The topological polar surface area (TPSA) is 32.3 Å². The van der Waals surface area contributed by atoms with Crippen molar-refractivity contribution in [3.8, 4) is 0 Å². The molecule has 0 radical (unpaired) electrons. The average molecular weight is 260 g/mol. The molecule has 1 aromatic rings. The number of carbonyl (C=O) groups is 1. The van der Waals surface area contributed by atoms with Gasteiger partial charge < -0.3 is 10.2 Å². The van der Waals surface area contributed by atoms with Crippen molar-refractivity contribution in [2.45, 2.75) is 32.7 Å². The number of hydrogen-bond donors (Lipinski definition) is 1. The van der Waals surface area contributed by atoms with E-state index in [-0.39, 0.29) is 11.9 Å². The van der Waals surface area contributed by atoms with Crippen LogP contribution in [0.3, 0.4) is 0 Å². The summed E-state index contributed by atoms with van der Waals surface area (Å²) in [5.41, 5.74) is 2.45. The Hall–Kier alpha value is -1.35. The second kappa shape index (κ2) is 6.20. The van der Waals surface area contributed by atoms with Gasteiger partial charge in [0.25, 0.3) is 0 Å². The molecule has 3 nitrogen and oxygen atoms in total. The number of carbonyl (C=O) groups excluding carboxylic acids is 1. The minimum Gasteiger partial charge on any atom is -0.344 e. The van der Waals surface area contributed by atoms with Crippen LogP contribution in [-0.4, -0.2) is 30.9 Å². The summed E-state index contributed by atoms with van der Waals surface area (Å²) in [5, 5.41) is 3.36. The Morgan fingerprint density at radius 3 is 2.95 bits per heavy atom. The molecule has 1 aliphatic rings. The number of amides is 1. The number of nitrogens with one attached hydrogen (secondary N) is 1. The predicted octanol–water partition coefficient (Wildman–Crippen LogP) is 2.38. The van der Waals surface area contributed by atoms with Crippen LogP contribution in [-0.2, 0) is 11.2 Å². The molecule has 2 rings (SSSR count). The maximum Gasteiger partial charge on any atom is 0.244 e. The quantitative estimate of drug-likeness (QED) is 0.901. The smallest absolute Gasteiger partial charge is 0.244 e. The maximum atomic E-state index is 12.6. The van der Waals surface area contributed by atoms with Crippen LogP contribution in [0.4, 0.5) is 0 Å². The lowest BCUT2D eigenvalue weighted by atomic mass is 9.93. The molecule has 3 heteroatoms. The highest BCUT2D eigenvalue weighted by Crippen LogP contribution is 2.24. The number of fused-ring (bicyclic) bond motifs is 1. The van der Waals surface area contributed by atoms with Crippen LogP contribution in [0.15, 0.2) is 24.3 Å². The van der Waals surface area contributed by atoms with Gasteiger partial charge in [-0.05, 0) is 23.5 Å². The highest BCUT2D eigenvalue weighted by Gasteiger charge is 2.28. The van der Waals surface area contributed by atoms with Crippen molar-refractivity contribution in [3.05, 3.63) is 35.4 Å². The van der Waals surface area contributed by atoms with Gasteiger partial charge >= 0.3 is 0 Å². The number of benzene rings is 1. The first-order chi connectivity index (χ1) is 9.13. The number of rotatable bonds is 4. The van der Waals surface area contributed by atoms with Gasteiger partial charge in [0, 0.05) is 20.1 Å². The second-order valence-corrected chi connectivity index (χ2v) is 5.57. The van der Waals surface area contributed by atoms with E-state index < -0.39 is 0 Å². The Morgan fingerprint density at radius 1 is 1.47 bits per heavy atom. The first kappa shape index (κ1) is 14.1. The van der Waals surface area contributed by atoms with Crippen molar-refractivity contribution < 1.29 is 4.79 Å². The maximum absolute atomic E-state index is 12.6. The second-order valence-electron chi connectivity index (χ2n) is 5.57. The Morgan fingerprint density at radius 2 is 2.21 bits per heavy atom. The minimum atomic E-state index is -0.168. The Kier molecular flexibility index (Phi) is 4.59. The van der Waals surface area contributed by atoms with Gasteiger partial charge in [-0.15, -0.1) is 0 Å². The molecule has 0 bridgehead atoms. The van der Waals surface area contributed by atoms with Crippen LogP contribution in [0.5, 0.6) is 0 Å². The van der Waals surface area contributed by atoms with Crippen LogP contribution in [0.25, 0.3) is 0 Å². The van der Waals surface area contributed by atoms with E-state index in [1.807, 2.05) is 18.0 Å². The molecular formula is C16H24N2O. The number of nitrogens with zero attached hydrogens (tertiary/aromatic N) is 1. The third kappa shape index (κ3) is 3.16. The van der Waals surface area contributed by atoms with E-state index in [2.05, 4.69) is 37.4 Å². The Bertz CT molecular complexity index is 444. The molecule has 1 amide bonds. The Labute approximate surface area is 116 Å². The van der Waals surface area contributed by atoms with E-state index >= 15 is 0 Å². The normalized spacial score (nSPS) is 19.6. The summed E-state index contributed by atoms with van der Waals surface area (Å²) >= 11 is 0. The van der Waals surface area contributed by atoms with Crippen molar-refractivity contribution in [1.82, 2.24) is 10.2 Å². The lowest BCUT2D eigenvalue weighted by molar-refractivity contribution is -0.133. The molecule has 2 atom stereocenters. The van der Waals surface area contributed by atoms with E-state index in [0.29, 0.717) is 5.92 Å². The van der Waals surface area contributed by atoms with Crippen LogP contribution in [0.1, 0.15) is 37.4 Å². The molecule has 1 N–H and O–H groups in total. The summed E-state index contributed by atoms with van der Waals surface area (Å²) in [6.07, 6.45) is 2.11. The number of likely N-dealkylation sites (N-methyl/N-ethyl adjacent to an activating group) is 1. The zero-order chi connectivity index (χ0) is 13.8. The molecule has 0 aliphatic carbocycles. The Balaban J connectivity index is 2.12. The molecule has 2 unspecified atom stereocenters. The summed E-state index contributed by atoms with van der Waals surface area (Å²) in [5.74, 6) is 0.736. The zero-order valence-corrected chi connectivity index (χ0v) is 12.1. The molecule has 0 aromatic heterocycles. The molecule has 1 aliphatic heterocycles. The van der Waals surface area contributed by atoms with Gasteiger partial charge in [0.2, 0.25) is 5.91 Å². The van der Waals surface area contributed by atoms with Crippen molar-refractivity contribution in [2.24, 2.45) is 5.92 Å². The van der Waals surface area contributed by atoms with E-state index in [4.69, 9.17) is 0 Å². The molecule has 0 saturated heterocycles. The standard InChI is InChI=1S/C16H24N2O/c1-4-12(2)11-18(3)16(19)15-14-8-6-5-7-13(14)9-10-17-15/h5-8,12,15,17H,4,9-11H2,1-3H3. The lowest BCUT2D eigenvalue weighted by Crippen LogP contribution is -2.43. The fourth-order valence-electron chi connectivity index (χ4n) is 2.63. The van der Waals surface area contributed by atoms with Gasteiger partial charge in [0.15, 0.2) is 0 Å². The third-order valence-electron chi connectivity index (χ3n) is 4.01.